The molecule has 0 aliphatic rings. The standard InChI is InChI=1S/C15H22FNO2/c1-5-11-6-7-12(13(16)8-11)9-17-10-14(18)19-15(2,3)4/h6-8,17H,5,9-10H2,1-4H3. The first-order valence-electron chi connectivity index (χ1n) is 6.51. The zero-order valence-electron chi connectivity index (χ0n) is 12.0. The van der Waals surface area contributed by atoms with E-state index in [4.69, 9.17) is 4.74 Å². The first-order valence-corrected chi connectivity index (χ1v) is 6.51. The molecule has 0 saturated carbocycles. The maximum atomic E-state index is 13.7. The SMILES string of the molecule is CCc1ccc(CNCC(=O)OC(C)(C)C)c(F)c1. The smallest absolute Gasteiger partial charge is 0.320 e. The van der Waals surface area contributed by atoms with Crippen molar-refractivity contribution in [3.05, 3.63) is 35.1 Å². The predicted molar refractivity (Wildman–Crippen MR) is 73.3 cm³/mol. The van der Waals surface area contributed by atoms with E-state index >= 15 is 0 Å². The summed E-state index contributed by atoms with van der Waals surface area (Å²) in [6.45, 7) is 7.81. The van der Waals surface area contributed by atoms with Crippen molar-refractivity contribution in [3.63, 3.8) is 0 Å². The minimum atomic E-state index is -0.493. The van der Waals surface area contributed by atoms with Gasteiger partial charge in [-0.05, 0) is 38.8 Å². The summed E-state index contributed by atoms with van der Waals surface area (Å²) in [7, 11) is 0. The number of nitrogens with one attached hydrogen (secondary N) is 1. The Hall–Kier alpha value is -1.42. The topological polar surface area (TPSA) is 38.3 Å². The van der Waals surface area contributed by atoms with E-state index in [1.807, 2.05) is 33.8 Å². The zero-order chi connectivity index (χ0) is 14.5. The summed E-state index contributed by atoms with van der Waals surface area (Å²) in [5.74, 6) is -0.575. The number of esters is 1. The highest BCUT2D eigenvalue weighted by Crippen LogP contribution is 2.11. The molecule has 1 rings (SSSR count). The van der Waals surface area contributed by atoms with E-state index in [0.717, 1.165) is 12.0 Å². The molecule has 3 nitrogen and oxygen atoms in total. The Morgan fingerprint density at radius 2 is 2.05 bits per heavy atom. The van der Waals surface area contributed by atoms with E-state index in [0.29, 0.717) is 12.1 Å². The van der Waals surface area contributed by atoms with Gasteiger partial charge in [-0.3, -0.25) is 4.79 Å². The van der Waals surface area contributed by atoms with Gasteiger partial charge in [-0.15, -0.1) is 0 Å². The molecule has 0 radical (unpaired) electrons. The molecule has 0 saturated heterocycles. The van der Waals surface area contributed by atoms with Crippen molar-refractivity contribution in [2.24, 2.45) is 0 Å². The van der Waals surface area contributed by atoms with Crippen LogP contribution in [0, 0.1) is 5.82 Å². The van der Waals surface area contributed by atoms with Gasteiger partial charge in [0.25, 0.3) is 0 Å². The van der Waals surface area contributed by atoms with Crippen LogP contribution in [-0.4, -0.2) is 18.1 Å². The molecular formula is C15H22FNO2. The van der Waals surface area contributed by atoms with Crippen LogP contribution in [0.15, 0.2) is 18.2 Å². The summed E-state index contributed by atoms with van der Waals surface area (Å²) < 4.78 is 18.8. The van der Waals surface area contributed by atoms with Crippen LogP contribution in [0.4, 0.5) is 4.39 Å². The van der Waals surface area contributed by atoms with Crippen LogP contribution in [0.5, 0.6) is 0 Å². The number of ether oxygens (including phenoxy) is 1. The van der Waals surface area contributed by atoms with Gasteiger partial charge < -0.3 is 10.1 Å². The summed E-state index contributed by atoms with van der Waals surface area (Å²) in [4.78, 5) is 11.5. The van der Waals surface area contributed by atoms with Gasteiger partial charge in [0.2, 0.25) is 0 Å². The average Bonchev–Trinajstić information content (AvgIpc) is 2.28. The molecule has 0 aromatic heterocycles. The third kappa shape index (κ3) is 5.83. The molecule has 1 aromatic rings. The van der Waals surface area contributed by atoms with Gasteiger partial charge in [-0.2, -0.15) is 0 Å². The van der Waals surface area contributed by atoms with Crippen molar-refractivity contribution in [2.75, 3.05) is 6.54 Å². The van der Waals surface area contributed by atoms with E-state index in [-0.39, 0.29) is 18.3 Å². The fourth-order valence-electron chi connectivity index (χ4n) is 1.63. The molecule has 0 unspecified atom stereocenters. The summed E-state index contributed by atoms with van der Waals surface area (Å²) in [6, 6.07) is 5.17. The number of hydrogen-bond donors (Lipinski definition) is 1. The molecule has 0 aliphatic carbocycles. The number of hydrogen-bond acceptors (Lipinski definition) is 3. The Kier molecular flexibility index (Phi) is 5.48. The fraction of sp³-hybridized carbons (Fsp3) is 0.533. The number of aryl methyl sites for hydroxylation is 1. The van der Waals surface area contributed by atoms with Crippen LogP contribution in [-0.2, 0) is 22.5 Å². The fourth-order valence-corrected chi connectivity index (χ4v) is 1.63. The minimum Gasteiger partial charge on any atom is -0.459 e. The highest BCUT2D eigenvalue weighted by molar-refractivity contribution is 5.72. The zero-order valence-corrected chi connectivity index (χ0v) is 12.0. The van der Waals surface area contributed by atoms with Crippen LogP contribution in [0.3, 0.4) is 0 Å². The number of benzene rings is 1. The van der Waals surface area contributed by atoms with Crippen molar-refractivity contribution < 1.29 is 13.9 Å². The van der Waals surface area contributed by atoms with E-state index in [9.17, 15) is 9.18 Å². The molecule has 0 heterocycles. The largest absolute Gasteiger partial charge is 0.459 e. The van der Waals surface area contributed by atoms with Gasteiger partial charge in [-0.1, -0.05) is 19.1 Å². The molecule has 0 spiro atoms. The molecular weight excluding hydrogens is 245 g/mol. The van der Waals surface area contributed by atoms with Gasteiger partial charge in [0.1, 0.15) is 11.4 Å². The Bertz CT molecular complexity index is 438. The van der Waals surface area contributed by atoms with E-state index < -0.39 is 5.60 Å². The Morgan fingerprint density at radius 1 is 1.37 bits per heavy atom. The van der Waals surface area contributed by atoms with Crippen LogP contribution in [0.1, 0.15) is 38.8 Å². The number of halogens is 1. The third-order valence-corrected chi connectivity index (χ3v) is 2.53. The van der Waals surface area contributed by atoms with Gasteiger partial charge in [0, 0.05) is 12.1 Å². The van der Waals surface area contributed by atoms with Crippen molar-refractivity contribution in [3.8, 4) is 0 Å². The van der Waals surface area contributed by atoms with Gasteiger partial charge in [0.15, 0.2) is 0 Å². The van der Waals surface area contributed by atoms with Gasteiger partial charge >= 0.3 is 5.97 Å². The van der Waals surface area contributed by atoms with Crippen LogP contribution in [0.25, 0.3) is 0 Å². The summed E-state index contributed by atoms with van der Waals surface area (Å²) >= 11 is 0. The molecule has 0 fully saturated rings. The molecule has 0 aliphatic heterocycles. The monoisotopic (exact) mass is 267 g/mol. The third-order valence-electron chi connectivity index (χ3n) is 2.53. The Balaban J connectivity index is 2.43. The lowest BCUT2D eigenvalue weighted by Crippen LogP contribution is -2.31. The summed E-state index contributed by atoms with van der Waals surface area (Å²) in [5, 5.41) is 2.89. The average molecular weight is 267 g/mol. The second kappa shape index (κ2) is 6.66. The molecule has 106 valence electrons. The van der Waals surface area contributed by atoms with Crippen molar-refractivity contribution >= 4 is 5.97 Å². The first-order chi connectivity index (χ1) is 8.81. The highest BCUT2D eigenvalue weighted by Gasteiger charge is 2.15. The van der Waals surface area contributed by atoms with Crippen LogP contribution < -0.4 is 5.32 Å². The summed E-state index contributed by atoms with van der Waals surface area (Å²) in [5.41, 5.74) is 1.03. The maximum Gasteiger partial charge on any atom is 0.320 e. The highest BCUT2D eigenvalue weighted by atomic mass is 19.1. The second-order valence-corrected chi connectivity index (χ2v) is 5.47. The van der Waals surface area contributed by atoms with Gasteiger partial charge in [0.05, 0.1) is 6.54 Å². The second-order valence-electron chi connectivity index (χ2n) is 5.47. The van der Waals surface area contributed by atoms with E-state index in [2.05, 4.69) is 5.32 Å². The molecule has 0 amide bonds. The minimum absolute atomic E-state index is 0.0756. The molecule has 1 N–H and O–H groups in total. The summed E-state index contributed by atoms with van der Waals surface area (Å²) in [6.07, 6.45) is 0.808. The number of carbonyl (C=O) groups is 1. The molecule has 1 aromatic carbocycles. The van der Waals surface area contributed by atoms with E-state index in [1.54, 1.807) is 6.07 Å². The normalized spacial score (nSPS) is 11.4. The lowest BCUT2D eigenvalue weighted by Gasteiger charge is -2.19. The van der Waals surface area contributed by atoms with Crippen molar-refractivity contribution in [1.29, 1.82) is 0 Å². The number of carbonyl (C=O) groups excluding carboxylic acids is 1. The van der Waals surface area contributed by atoms with Crippen LogP contribution >= 0.6 is 0 Å². The van der Waals surface area contributed by atoms with Crippen molar-refractivity contribution in [1.82, 2.24) is 5.32 Å². The Morgan fingerprint density at radius 3 is 2.58 bits per heavy atom. The van der Waals surface area contributed by atoms with E-state index in [1.165, 1.54) is 6.07 Å². The predicted octanol–water partition coefficient (Wildman–Crippen LogP) is 2.82. The number of rotatable bonds is 5. The van der Waals surface area contributed by atoms with Gasteiger partial charge in [-0.25, -0.2) is 4.39 Å². The lowest BCUT2D eigenvalue weighted by molar-refractivity contribution is -0.153. The van der Waals surface area contributed by atoms with Crippen LogP contribution in [0.2, 0.25) is 0 Å². The Labute approximate surface area is 114 Å². The quantitative estimate of drug-likeness (QED) is 0.834. The molecule has 19 heavy (non-hydrogen) atoms. The molecule has 4 heteroatoms. The first kappa shape index (κ1) is 15.6. The molecule has 0 bridgehead atoms. The maximum absolute atomic E-state index is 13.7. The van der Waals surface area contributed by atoms with Crippen molar-refractivity contribution in [2.45, 2.75) is 46.3 Å². The lowest BCUT2D eigenvalue weighted by atomic mass is 10.1. The molecule has 0 atom stereocenters.